The highest BCUT2D eigenvalue weighted by atomic mass is 35.5. The van der Waals surface area contributed by atoms with Crippen LogP contribution in [0.3, 0.4) is 0 Å². The summed E-state index contributed by atoms with van der Waals surface area (Å²) in [5.74, 6) is 0.540. The Morgan fingerprint density at radius 2 is 2.18 bits per heavy atom. The van der Waals surface area contributed by atoms with E-state index in [9.17, 15) is 8.42 Å². The number of halogens is 1. The first-order chi connectivity index (χ1) is 7.94. The average molecular weight is 279 g/mol. The van der Waals surface area contributed by atoms with E-state index in [-0.39, 0.29) is 17.6 Å². The molecule has 0 aliphatic heterocycles. The molecule has 1 rings (SSSR count). The van der Waals surface area contributed by atoms with Gasteiger partial charge in [-0.25, -0.2) is 23.1 Å². The second kappa shape index (κ2) is 6.13. The molecule has 1 aromatic rings. The summed E-state index contributed by atoms with van der Waals surface area (Å²) in [5.41, 5.74) is 0.815. The van der Waals surface area contributed by atoms with Crippen LogP contribution in [0.5, 0.6) is 0 Å². The maximum absolute atomic E-state index is 11.4. The van der Waals surface area contributed by atoms with E-state index in [0.29, 0.717) is 12.4 Å². The van der Waals surface area contributed by atoms with Crippen molar-refractivity contribution in [2.24, 2.45) is 0 Å². The third kappa shape index (κ3) is 4.84. The molecule has 6 nitrogen and oxygen atoms in total. The van der Waals surface area contributed by atoms with Gasteiger partial charge in [-0.15, -0.1) is 0 Å². The van der Waals surface area contributed by atoms with Crippen LogP contribution in [0.1, 0.15) is 12.5 Å². The van der Waals surface area contributed by atoms with Gasteiger partial charge in [0.2, 0.25) is 15.3 Å². The monoisotopic (exact) mass is 278 g/mol. The van der Waals surface area contributed by atoms with Crippen molar-refractivity contribution < 1.29 is 8.42 Å². The molecule has 17 heavy (non-hydrogen) atoms. The Morgan fingerprint density at radius 3 is 2.82 bits per heavy atom. The fourth-order valence-corrected chi connectivity index (χ4v) is 2.28. The Bertz CT molecular complexity index is 478. The number of hydrogen-bond donors (Lipinski definition) is 2. The minimum Gasteiger partial charge on any atom is -0.369 e. The molecule has 0 radical (unpaired) electrons. The number of hydrogen-bond acceptors (Lipinski definition) is 5. The summed E-state index contributed by atoms with van der Waals surface area (Å²) in [4.78, 5) is 7.78. The van der Waals surface area contributed by atoms with Gasteiger partial charge in [-0.05, 0) is 18.5 Å². The normalized spacial score (nSPS) is 11.5. The van der Waals surface area contributed by atoms with Crippen LogP contribution in [0.4, 0.5) is 5.82 Å². The second-order valence-corrected chi connectivity index (χ2v) is 5.68. The zero-order valence-electron chi connectivity index (χ0n) is 9.70. The van der Waals surface area contributed by atoms with Crippen LogP contribution in [0, 0.1) is 6.92 Å². The van der Waals surface area contributed by atoms with E-state index in [1.807, 2.05) is 6.92 Å². The molecular weight excluding hydrogens is 264 g/mol. The van der Waals surface area contributed by atoms with Crippen LogP contribution in [0.25, 0.3) is 0 Å². The topological polar surface area (TPSA) is 84.0 Å². The first-order valence-electron chi connectivity index (χ1n) is 5.15. The van der Waals surface area contributed by atoms with Gasteiger partial charge >= 0.3 is 0 Å². The van der Waals surface area contributed by atoms with Crippen molar-refractivity contribution in [1.29, 1.82) is 0 Å². The Balaban J connectivity index is 2.54. The van der Waals surface area contributed by atoms with Crippen LogP contribution < -0.4 is 10.0 Å². The molecule has 0 unspecified atom stereocenters. The standard InChI is InChI=1S/C9H15ClN4O2S/c1-3-13-17(15,16)5-4-11-8-7(2)6-12-9(10)14-8/h6,13H,3-5H2,1-2H3,(H,11,12,14). The number of nitrogens with zero attached hydrogens (tertiary/aromatic N) is 2. The van der Waals surface area contributed by atoms with E-state index in [4.69, 9.17) is 11.6 Å². The van der Waals surface area contributed by atoms with Crippen molar-refractivity contribution in [2.75, 3.05) is 24.2 Å². The molecule has 0 aliphatic rings. The smallest absolute Gasteiger partial charge is 0.224 e. The number of aryl methyl sites for hydroxylation is 1. The molecular formula is C9H15ClN4O2S. The van der Waals surface area contributed by atoms with Crippen molar-refractivity contribution in [2.45, 2.75) is 13.8 Å². The van der Waals surface area contributed by atoms with E-state index in [2.05, 4.69) is 20.0 Å². The summed E-state index contributed by atoms with van der Waals surface area (Å²) in [5, 5.41) is 3.05. The van der Waals surface area contributed by atoms with Crippen LogP contribution in [0.2, 0.25) is 5.28 Å². The molecule has 96 valence electrons. The zero-order chi connectivity index (χ0) is 12.9. The van der Waals surface area contributed by atoms with Crippen LogP contribution in [-0.4, -0.2) is 37.2 Å². The van der Waals surface area contributed by atoms with Crippen LogP contribution in [0.15, 0.2) is 6.20 Å². The van der Waals surface area contributed by atoms with Gasteiger partial charge < -0.3 is 5.32 Å². The number of anilines is 1. The highest BCUT2D eigenvalue weighted by molar-refractivity contribution is 7.89. The summed E-state index contributed by atoms with van der Waals surface area (Å²) >= 11 is 5.64. The maximum atomic E-state index is 11.4. The van der Waals surface area contributed by atoms with E-state index in [0.717, 1.165) is 5.56 Å². The molecule has 1 heterocycles. The summed E-state index contributed by atoms with van der Waals surface area (Å²) in [7, 11) is -3.21. The van der Waals surface area contributed by atoms with Crippen LogP contribution in [-0.2, 0) is 10.0 Å². The first kappa shape index (κ1) is 14.1. The Morgan fingerprint density at radius 1 is 1.47 bits per heavy atom. The molecule has 8 heteroatoms. The minimum absolute atomic E-state index is 0.0120. The summed E-state index contributed by atoms with van der Waals surface area (Å²) in [6.45, 7) is 4.21. The summed E-state index contributed by atoms with van der Waals surface area (Å²) < 4.78 is 25.1. The second-order valence-electron chi connectivity index (χ2n) is 3.41. The minimum atomic E-state index is -3.21. The van der Waals surface area contributed by atoms with E-state index in [1.165, 1.54) is 0 Å². The van der Waals surface area contributed by atoms with Gasteiger partial charge in [0.25, 0.3) is 0 Å². The lowest BCUT2D eigenvalue weighted by Gasteiger charge is -2.08. The molecule has 0 spiro atoms. The van der Waals surface area contributed by atoms with Gasteiger partial charge in [0.1, 0.15) is 5.82 Å². The molecule has 0 atom stereocenters. The quantitative estimate of drug-likeness (QED) is 0.752. The third-order valence-electron chi connectivity index (χ3n) is 1.97. The number of rotatable bonds is 6. The maximum Gasteiger partial charge on any atom is 0.224 e. The highest BCUT2D eigenvalue weighted by Crippen LogP contribution is 2.11. The zero-order valence-corrected chi connectivity index (χ0v) is 11.3. The largest absolute Gasteiger partial charge is 0.369 e. The molecule has 0 saturated heterocycles. The first-order valence-corrected chi connectivity index (χ1v) is 7.18. The highest BCUT2D eigenvalue weighted by Gasteiger charge is 2.08. The van der Waals surface area contributed by atoms with Crippen LogP contribution >= 0.6 is 11.6 Å². The molecule has 0 aliphatic carbocycles. The molecule has 1 aromatic heterocycles. The molecule has 0 bridgehead atoms. The lowest BCUT2D eigenvalue weighted by Crippen LogP contribution is -2.29. The number of aromatic nitrogens is 2. The van der Waals surface area contributed by atoms with E-state index in [1.54, 1.807) is 13.1 Å². The number of sulfonamides is 1. The van der Waals surface area contributed by atoms with Crippen molar-refractivity contribution in [1.82, 2.24) is 14.7 Å². The Labute approximate surface area is 106 Å². The predicted molar refractivity (Wildman–Crippen MR) is 67.7 cm³/mol. The van der Waals surface area contributed by atoms with Gasteiger partial charge in [0, 0.05) is 24.8 Å². The Hall–Kier alpha value is -0.920. The fraction of sp³-hybridized carbons (Fsp3) is 0.556. The third-order valence-corrected chi connectivity index (χ3v) is 3.62. The predicted octanol–water partition coefficient (Wildman–Crippen LogP) is 0.790. The van der Waals surface area contributed by atoms with E-state index >= 15 is 0 Å². The van der Waals surface area contributed by atoms with Gasteiger partial charge in [0.15, 0.2) is 0 Å². The summed E-state index contributed by atoms with van der Waals surface area (Å²) in [6.07, 6.45) is 1.58. The average Bonchev–Trinajstić information content (AvgIpc) is 2.23. The van der Waals surface area contributed by atoms with Gasteiger partial charge in [-0.3, -0.25) is 0 Å². The van der Waals surface area contributed by atoms with Gasteiger partial charge in [0.05, 0.1) is 5.75 Å². The molecule has 0 aromatic carbocycles. The molecule has 0 fully saturated rings. The summed E-state index contributed by atoms with van der Waals surface area (Å²) in [6, 6.07) is 0. The van der Waals surface area contributed by atoms with Gasteiger partial charge in [-0.1, -0.05) is 6.92 Å². The molecule has 0 amide bonds. The number of nitrogens with one attached hydrogen (secondary N) is 2. The van der Waals surface area contributed by atoms with Crippen molar-refractivity contribution in [3.63, 3.8) is 0 Å². The van der Waals surface area contributed by atoms with Crippen molar-refractivity contribution >= 4 is 27.4 Å². The SMILES string of the molecule is CCNS(=O)(=O)CCNc1nc(Cl)ncc1C. The Kier molecular flexibility index (Phi) is 5.10. The van der Waals surface area contributed by atoms with Crippen molar-refractivity contribution in [3.8, 4) is 0 Å². The van der Waals surface area contributed by atoms with Crippen molar-refractivity contribution in [3.05, 3.63) is 17.0 Å². The van der Waals surface area contributed by atoms with E-state index < -0.39 is 10.0 Å². The lowest BCUT2D eigenvalue weighted by atomic mass is 10.3. The molecule has 2 N–H and O–H groups in total. The lowest BCUT2D eigenvalue weighted by molar-refractivity contribution is 0.584. The molecule has 0 saturated carbocycles. The fourth-order valence-electron chi connectivity index (χ4n) is 1.20. The van der Waals surface area contributed by atoms with Gasteiger partial charge in [-0.2, -0.15) is 0 Å².